The largest absolute Gasteiger partial charge is 0.316 e. The summed E-state index contributed by atoms with van der Waals surface area (Å²) in [6.45, 7) is 2.18. The second kappa shape index (κ2) is 8.11. The maximum atomic E-state index is 13.7. The lowest BCUT2D eigenvalue weighted by atomic mass is 10.1. The van der Waals surface area contributed by atoms with Gasteiger partial charge in [-0.3, -0.25) is 0 Å². The van der Waals surface area contributed by atoms with Crippen LogP contribution in [0.3, 0.4) is 0 Å². The summed E-state index contributed by atoms with van der Waals surface area (Å²) in [4.78, 5) is 0. The predicted molar refractivity (Wildman–Crippen MR) is 78.3 cm³/mol. The summed E-state index contributed by atoms with van der Waals surface area (Å²) >= 11 is 5.19. The Morgan fingerprint density at radius 1 is 1.47 bits per heavy atom. The van der Waals surface area contributed by atoms with Gasteiger partial charge in [-0.25, -0.2) is 4.39 Å². The third-order valence-corrected chi connectivity index (χ3v) is 4.39. The van der Waals surface area contributed by atoms with E-state index in [2.05, 4.69) is 28.2 Å². The van der Waals surface area contributed by atoms with Crippen molar-refractivity contribution in [2.75, 3.05) is 18.6 Å². The predicted octanol–water partition coefficient (Wildman–Crippen LogP) is 3.86. The quantitative estimate of drug-likeness (QED) is 0.766. The monoisotopic (exact) mass is 319 g/mol. The van der Waals surface area contributed by atoms with Crippen LogP contribution in [-0.2, 0) is 6.42 Å². The zero-order valence-corrected chi connectivity index (χ0v) is 12.7. The molecule has 0 bridgehead atoms. The number of halogens is 2. The van der Waals surface area contributed by atoms with E-state index in [1.807, 2.05) is 30.9 Å². The van der Waals surface area contributed by atoms with E-state index in [1.54, 1.807) is 0 Å². The maximum absolute atomic E-state index is 13.7. The molecular weight excluding hydrogens is 301 g/mol. The molecule has 96 valence electrons. The Labute approximate surface area is 116 Å². The van der Waals surface area contributed by atoms with Crippen LogP contribution >= 0.6 is 27.7 Å². The van der Waals surface area contributed by atoms with Crippen molar-refractivity contribution in [3.8, 4) is 0 Å². The molecule has 0 radical (unpaired) electrons. The second-order valence-corrected chi connectivity index (χ2v) is 6.07. The van der Waals surface area contributed by atoms with Crippen molar-refractivity contribution in [1.29, 1.82) is 0 Å². The maximum Gasteiger partial charge on any atom is 0.127 e. The van der Waals surface area contributed by atoms with Gasteiger partial charge in [0.15, 0.2) is 0 Å². The first-order valence-corrected chi connectivity index (χ1v) is 7.81. The lowest BCUT2D eigenvalue weighted by Gasteiger charge is -2.16. The summed E-state index contributed by atoms with van der Waals surface area (Å²) in [6, 6.07) is 5.61. The van der Waals surface area contributed by atoms with Crippen LogP contribution in [0.15, 0.2) is 22.7 Å². The number of nitrogens with one attached hydrogen (secondary N) is 1. The third kappa shape index (κ3) is 5.40. The van der Waals surface area contributed by atoms with Crippen molar-refractivity contribution >= 4 is 27.7 Å². The molecule has 0 saturated carbocycles. The van der Waals surface area contributed by atoms with Crippen molar-refractivity contribution in [3.05, 3.63) is 34.1 Å². The molecule has 4 heteroatoms. The van der Waals surface area contributed by atoms with Gasteiger partial charge in [0.1, 0.15) is 5.82 Å². The summed E-state index contributed by atoms with van der Waals surface area (Å²) < 4.78 is 14.5. The van der Waals surface area contributed by atoms with E-state index in [1.165, 1.54) is 18.2 Å². The van der Waals surface area contributed by atoms with Gasteiger partial charge in [0.2, 0.25) is 0 Å². The second-order valence-electron chi connectivity index (χ2n) is 4.00. The molecule has 0 aliphatic carbocycles. The highest BCUT2D eigenvalue weighted by atomic mass is 79.9. The standard InChI is InChI=1S/C13H19BrFNS/c1-3-6-17-9-12(16-2)7-10-4-5-11(14)8-13(10)15/h4-5,8,12,16H,3,6-7,9H2,1-2H3. The minimum absolute atomic E-state index is 0.125. The number of benzene rings is 1. The highest BCUT2D eigenvalue weighted by Crippen LogP contribution is 2.17. The Kier molecular flexibility index (Phi) is 7.16. The van der Waals surface area contributed by atoms with Crippen LogP contribution in [0.25, 0.3) is 0 Å². The Bertz CT molecular complexity index is 346. The minimum Gasteiger partial charge on any atom is -0.316 e. The van der Waals surface area contributed by atoms with Crippen LogP contribution in [0, 0.1) is 5.82 Å². The topological polar surface area (TPSA) is 12.0 Å². The van der Waals surface area contributed by atoms with Gasteiger partial charge in [0.25, 0.3) is 0 Å². The molecule has 0 saturated heterocycles. The Morgan fingerprint density at radius 2 is 2.24 bits per heavy atom. The molecule has 1 aromatic rings. The van der Waals surface area contributed by atoms with Crippen molar-refractivity contribution in [2.24, 2.45) is 0 Å². The minimum atomic E-state index is -0.125. The van der Waals surface area contributed by atoms with E-state index in [-0.39, 0.29) is 5.82 Å². The van der Waals surface area contributed by atoms with Crippen LogP contribution in [-0.4, -0.2) is 24.6 Å². The highest BCUT2D eigenvalue weighted by Gasteiger charge is 2.10. The summed E-state index contributed by atoms with van der Waals surface area (Å²) in [7, 11) is 1.94. The lowest BCUT2D eigenvalue weighted by Crippen LogP contribution is -2.30. The van der Waals surface area contributed by atoms with Crippen molar-refractivity contribution in [1.82, 2.24) is 5.32 Å². The smallest absolute Gasteiger partial charge is 0.127 e. The number of hydrogen-bond acceptors (Lipinski definition) is 2. The average Bonchev–Trinajstić information content (AvgIpc) is 2.31. The van der Waals surface area contributed by atoms with Gasteiger partial charge in [0, 0.05) is 16.3 Å². The van der Waals surface area contributed by atoms with Gasteiger partial charge >= 0.3 is 0 Å². The molecule has 0 aliphatic rings. The molecule has 1 nitrogen and oxygen atoms in total. The highest BCUT2D eigenvalue weighted by molar-refractivity contribution is 9.10. The molecule has 1 aromatic carbocycles. The van der Waals surface area contributed by atoms with Crippen LogP contribution in [0.4, 0.5) is 4.39 Å². The average molecular weight is 320 g/mol. The van der Waals surface area contributed by atoms with E-state index < -0.39 is 0 Å². The number of hydrogen-bond donors (Lipinski definition) is 1. The zero-order valence-electron chi connectivity index (χ0n) is 10.3. The van der Waals surface area contributed by atoms with Gasteiger partial charge in [-0.2, -0.15) is 11.8 Å². The van der Waals surface area contributed by atoms with E-state index in [0.29, 0.717) is 6.04 Å². The van der Waals surface area contributed by atoms with Gasteiger partial charge in [-0.05, 0) is 43.3 Å². The fourth-order valence-electron chi connectivity index (χ4n) is 1.57. The van der Waals surface area contributed by atoms with Gasteiger partial charge in [0.05, 0.1) is 0 Å². The fourth-order valence-corrected chi connectivity index (χ4v) is 2.92. The summed E-state index contributed by atoms with van der Waals surface area (Å²) in [6.07, 6.45) is 1.93. The Morgan fingerprint density at radius 3 is 2.82 bits per heavy atom. The van der Waals surface area contributed by atoms with E-state index in [0.717, 1.165) is 22.2 Å². The lowest BCUT2D eigenvalue weighted by molar-refractivity contribution is 0.568. The normalized spacial score (nSPS) is 12.7. The molecule has 0 aromatic heterocycles. The Hall–Kier alpha value is -0.0600. The molecule has 1 N–H and O–H groups in total. The molecule has 0 aliphatic heterocycles. The molecule has 1 unspecified atom stereocenters. The van der Waals surface area contributed by atoms with Gasteiger partial charge in [-0.1, -0.05) is 28.9 Å². The molecule has 0 spiro atoms. The van der Waals surface area contributed by atoms with E-state index in [4.69, 9.17) is 0 Å². The van der Waals surface area contributed by atoms with Crippen molar-refractivity contribution < 1.29 is 4.39 Å². The molecule has 1 rings (SSSR count). The molecule has 0 heterocycles. The molecule has 17 heavy (non-hydrogen) atoms. The number of likely N-dealkylation sites (N-methyl/N-ethyl adjacent to an activating group) is 1. The van der Waals surface area contributed by atoms with E-state index >= 15 is 0 Å². The first kappa shape index (κ1) is 15.0. The van der Waals surface area contributed by atoms with Crippen LogP contribution in [0.2, 0.25) is 0 Å². The SMILES string of the molecule is CCCSCC(Cc1ccc(Br)cc1F)NC. The summed E-state index contributed by atoms with van der Waals surface area (Å²) in [5.74, 6) is 2.07. The first-order valence-electron chi connectivity index (χ1n) is 5.86. The first-order chi connectivity index (χ1) is 8.17. The number of rotatable bonds is 7. The zero-order chi connectivity index (χ0) is 12.7. The third-order valence-electron chi connectivity index (χ3n) is 2.56. The fraction of sp³-hybridized carbons (Fsp3) is 0.538. The Balaban J connectivity index is 2.54. The molecule has 0 amide bonds. The van der Waals surface area contributed by atoms with Crippen LogP contribution in [0.1, 0.15) is 18.9 Å². The number of thioether (sulfide) groups is 1. The van der Waals surface area contributed by atoms with Gasteiger partial charge < -0.3 is 5.32 Å². The van der Waals surface area contributed by atoms with Crippen LogP contribution < -0.4 is 5.32 Å². The molecule has 0 fully saturated rings. The molecule has 1 atom stereocenters. The summed E-state index contributed by atoms with van der Waals surface area (Å²) in [5, 5.41) is 3.25. The summed E-state index contributed by atoms with van der Waals surface area (Å²) in [5.41, 5.74) is 0.782. The van der Waals surface area contributed by atoms with Crippen molar-refractivity contribution in [3.63, 3.8) is 0 Å². The van der Waals surface area contributed by atoms with Crippen molar-refractivity contribution in [2.45, 2.75) is 25.8 Å². The van der Waals surface area contributed by atoms with E-state index in [9.17, 15) is 4.39 Å². The van der Waals surface area contributed by atoms with Crippen LogP contribution in [0.5, 0.6) is 0 Å². The molecular formula is C13H19BrFNS. The van der Waals surface area contributed by atoms with Gasteiger partial charge in [-0.15, -0.1) is 0 Å².